The zero-order chi connectivity index (χ0) is 12.3. The van der Waals surface area contributed by atoms with Crippen LogP contribution in [0.3, 0.4) is 0 Å². The fourth-order valence-electron chi connectivity index (χ4n) is 1.31. The fraction of sp³-hybridized carbons (Fsp3) is 0.300. The highest BCUT2D eigenvalue weighted by molar-refractivity contribution is 9.10. The van der Waals surface area contributed by atoms with E-state index in [-0.39, 0.29) is 0 Å². The highest BCUT2D eigenvalue weighted by Crippen LogP contribution is 2.27. The molecule has 0 saturated heterocycles. The van der Waals surface area contributed by atoms with Crippen molar-refractivity contribution >= 4 is 27.4 Å². The number of nitrogen functional groups attached to an aromatic ring is 1. The van der Waals surface area contributed by atoms with Gasteiger partial charge < -0.3 is 15.6 Å². The van der Waals surface area contributed by atoms with Crippen molar-refractivity contribution in [2.45, 2.75) is 13.3 Å². The zero-order valence-electron chi connectivity index (χ0n) is 9.27. The molecule has 0 spiro atoms. The Hall–Kier alpha value is -1.63. The van der Waals surface area contributed by atoms with Gasteiger partial charge in [-0.3, -0.25) is 0 Å². The van der Waals surface area contributed by atoms with E-state index in [4.69, 9.17) is 5.73 Å². The minimum atomic E-state index is 0.667. The molecule has 0 aliphatic heterocycles. The maximum atomic E-state index is 5.74. The van der Waals surface area contributed by atoms with Gasteiger partial charge in [0.1, 0.15) is 5.82 Å². The van der Waals surface area contributed by atoms with Crippen LogP contribution in [-0.4, -0.2) is 21.7 Å². The minimum absolute atomic E-state index is 0.667. The highest BCUT2D eigenvalue weighted by atomic mass is 79.9. The Morgan fingerprint density at radius 2 is 2.29 bits per heavy atom. The summed E-state index contributed by atoms with van der Waals surface area (Å²) in [4.78, 5) is 8.14. The molecule has 0 amide bonds. The molecule has 0 bridgehead atoms. The van der Waals surface area contributed by atoms with E-state index < -0.39 is 0 Å². The van der Waals surface area contributed by atoms with Crippen LogP contribution in [0.25, 0.3) is 0 Å². The van der Waals surface area contributed by atoms with Gasteiger partial charge in [-0.25, -0.2) is 4.98 Å². The van der Waals surface area contributed by atoms with Crippen molar-refractivity contribution in [1.82, 2.24) is 15.1 Å². The largest absolute Gasteiger partial charge is 0.397 e. The van der Waals surface area contributed by atoms with Gasteiger partial charge in [0.15, 0.2) is 5.82 Å². The van der Waals surface area contributed by atoms with Crippen LogP contribution in [0.1, 0.15) is 11.4 Å². The van der Waals surface area contributed by atoms with Gasteiger partial charge in [-0.15, -0.1) is 0 Å². The van der Waals surface area contributed by atoms with E-state index in [2.05, 4.69) is 40.9 Å². The first-order valence-corrected chi connectivity index (χ1v) is 5.87. The monoisotopic (exact) mass is 297 g/mol. The summed E-state index contributed by atoms with van der Waals surface area (Å²) in [6.07, 6.45) is 3.63. The summed E-state index contributed by atoms with van der Waals surface area (Å²) in [6, 6.07) is 0. The Kier molecular flexibility index (Phi) is 3.58. The summed E-state index contributed by atoms with van der Waals surface area (Å²) < 4.78 is 5.53. The van der Waals surface area contributed by atoms with Gasteiger partial charge in [0.05, 0.1) is 16.4 Å². The Labute approximate surface area is 107 Å². The van der Waals surface area contributed by atoms with E-state index in [1.807, 2.05) is 6.92 Å². The van der Waals surface area contributed by atoms with E-state index in [0.717, 1.165) is 15.9 Å². The lowest BCUT2D eigenvalue weighted by atomic mass is 10.2. The van der Waals surface area contributed by atoms with E-state index in [1.165, 1.54) is 6.39 Å². The van der Waals surface area contributed by atoms with Crippen molar-refractivity contribution in [2.75, 3.05) is 17.6 Å². The quantitative estimate of drug-likeness (QED) is 0.894. The van der Waals surface area contributed by atoms with Crippen LogP contribution < -0.4 is 11.1 Å². The van der Waals surface area contributed by atoms with Crippen LogP contribution in [-0.2, 0) is 6.42 Å². The molecule has 0 aromatic carbocycles. The predicted molar refractivity (Wildman–Crippen MR) is 67.6 cm³/mol. The van der Waals surface area contributed by atoms with Crippen molar-refractivity contribution in [3.05, 3.63) is 28.5 Å². The molecule has 7 heteroatoms. The predicted octanol–water partition coefficient (Wildman–Crippen LogP) is 1.77. The Bertz CT molecular complexity index is 500. The van der Waals surface area contributed by atoms with Crippen molar-refractivity contribution in [2.24, 2.45) is 0 Å². The minimum Gasteiger partial charge on any atom is -0.397 e. The van der Waals surface area contributed by atoms with Crippen molar-refractivity contribution in [1.29, 1.82) is 0 Å². The topological polar surface area (TPSA) is 89.9 Å². The molecule has 0 aliphatic carbocycles. The highest BCUT2D eigenvalue weighted by Gasteiger charge is 2.07. The SMILES string of the molecule is Cc1c(N)cnc(NCCc2ncon2)c1Br. The van der Waals surface area contributed by atoms with Crippen molar-refractivity contribution in [3.8, 4) is 0 Å². The molecule has 90 valence electrons. The lowest BCUT2D eigenvalue weighted by Gasteiger charge is -2.09. The third-order valence-corrected chi connectivity index (χ3v) is 3.32. The number of hydrogen-bond donors (Lipinski definition) is 2. The smallest absolute Gasteiger partial charge is 0.213 e. The standard InChI is InChI=1S/C10H12BrN5O/c1-6-7(12)4-14-10(9(6)11)13-3-2-8-15-5-17-16-8/h4-5H,2-3,12H2,1H3,(H,13,14). The van der Waals surface area contributed by atoms with E-state index in [0.29, 0.717) is 24.5 Å². The van der Waals surface area contributed by atoms with Gasteiger partial charge in [-0.1, -0.05) is 5.16 Å². The molecular formula is C10H12BrN5O. The van der Waals surface area contributed by atoms with Crippen LogP contribution in [0.2, 0.25) is 0 Å². The molecule has 0 saturated carbocycles. The van der Waals surface area contributed by atoms with Gasteiger partial charge in [-0.2, -0.15) is 4.98 Å². The van der Waals surface area contributed by atoms with Gasteiger partial charge in [-0.05, 0) is 28.4 Å². The Balaban J connectivity index is 1.97. The van der Waals surface area contributed by atoms with Gasteiger partial charge in [0, 0.05) is 13.0 Å². The van der Waals surface area contributed by atoms with E-state index in [1.54, 1.807) is 6.20 Å². The average Bonchev–Trinajstić information content (AvgIpc) is 2.82. The normalized spacial score (nSPS) is 10.5. The molecular weight excluding hydrogens is 286 g/mol. The van der Waals surface area contributed by atoms with Crippen LogP contribution in [0, 0.1) is 6.92 Å². The molecule has 17 heavy (non-hydrogen) atoms. The van der Waals surface area contributed by atoms with Crippen molar-refractivity contribution in [3.63, 3.8) is 0 Å². The lowest BCUT2D eigenvalue weighted by molar-refractivity contribution is 0.410. The zero-order valence-corrected chi connectivity index (χ0v) is 10.9. The fourth-order valence-corrected chi connectivity index (χ4v) is 1.78. The molecule has 0 atom stereocenters. The third-order valence-electron chi connectivity index (χ3n) is 2.35. The third kappa shape index (κ3) is 2.73. The number of pyridine rings is 1. The summed E-state index contributed by atoms with van der Waals surface area (Å²) in [5.74, 6) is 1.43. The Morgan fingerprint density at radius 1 is 1.47 bits per heavy atom. The summed E-state index contributed by atoms with van der Waals surface area (Å²) in [7, 11) is 0. The number of nitrogens with two attached hydrogens (primary N) is 1. The molecule has 2 aromatic rings. The summed E-state index contributed by atoms with van der Waals surface area (Å²) in [5.41, 5.74) is 7.38. The number of anilines is 2. The van der Waals surface area contributed by atoms with Crippen LogP contribution in [0.15, 0.2) is 21.6 Å². The molecule has 0 fully saturated rings. The average molecular weight is 298 g/mol. The van der Waals surface area contributed by atoms with Gasteiger partial charge in [0.25, 0.3) is 0 Å². The van der Waals surface area contributed by atoms with E-state index in [9.17, 15) is 0 Å². The molecule has 6 nitrogen and oxygen atoms in total. The summed E-state index contributed by atoms with van der Waals surface area (Å²) in [5, 5.41) is 6.91. The van der Waals surface area contributed by atoms with E-state index >= 15 is 0 Å². The van der Waals surface area contributed by atoms with Crippen LogP contribution >= 0.6 is 15.9 Å². The molecule has 2 rings (SSSR count). The second-order valence-corrected chi connectivity index (χ2v) is 4.32. The first kappa shape index (κ1) is 11.8. The molecule has 0 unspecified atom stereocenters. The molecule has 3 N–H and O–H groups in total. The maximum absolute atomic E-state index is 5.74. The molecule has 2 aromatic heterocycles. The first-order chi connectivity index (χ1) is 8.18. The molecule has 0 radical (unpaired) electrons. The number of nitrogens with one attached hydrogen (secondary N) is 1. The van der Waals surface area contributed by atoms with Gasteiger partial charge >= 0.3 is 0 Å². The summed E-state index contributed by atoms with van der Waals surface area (Å²) >= 11 is 3.46. The maximum Gasteiger partial charge on any atom is 0.213 e. The summed E-state index contributed by atoms with van der Waals surface area (Å²) in [6.45, 7) is 2.61. The number of aromatic nitrogens is 3. The van der Waals surface area contributed by atoms with Crippen LogP contribution in [0.5, 0.6) is 0 Å². The number of halogens is 1. The Morgan fingerprint density at radius 3 is 3.00 bits per heavy atom. The lowest BCUT2D eigenvalue weighted by Crippen LogP contribution is -2.08. The second kappa shape index (κ2) is 5.13. The number of nitrogens with zero attached hydrogens (tertiary/aromatic N) is 3. The first-order valence-electron chi connectivity index (χ1n) is 5.08. The number of hydrogen-bond acceptors (Lipinski definition) is 6. The second-order valence-electron chi connectivity index (χ2n) is 3.53. The molecule has 0 aliphatic rings. The molecule has 2 heterocycles. The van der Waals surface area contributed by atoms with Gasteiger partial charge in [0.2, 0.25) is 6.39 Å². The number of rotatable bonds is 4. The van der Waals surface area contributed by atoms with Crippen molar-refractivity contribution < 1.29 is 4.52 Å². The van der Waals surface area contributed by atoms with Crippen LogP contribution in [0.4, 0.5) is 11.5 Å².